The molecular weight excluding hydrogens is 380 g/mol. The summed E-state index contributed by atoms with van der Waals surface area (Å²) < 4.78 is 0. The maximum Gasteiger partial charge on any atom is 0.270 e. The monoisotopic (exact) mass is 406 g/mol. The topological polar surface area (TPSA) is 82.1 Å². The van der Waals surface area contributed by atoms with Gasteiger partial charge in [0.15, 0.2) is 0 Å². The zero-order valence-electron chi connectivity index (χ0n) is 17.7. The summed E-state index contributed by atoms with van der Waals surface area (Å²) in [5, 5.41) is 8.42. The minimum Gasteiger partial charge on any atom is -0.331 e. The summed E-state index contributed by atoms with van der Waals surface area (Å²) in [5.41, 5.74) is 4.61. The average molecular weight is 406 g/mol. The molecule has 0 aliphatic carbocycles. The zero-order chi connectivity index (χ0) is 21.8. The van der Waals surface area contributed by atoms with Gasteiger partial charge in [-0.2, -0.15) is 5.10 Å². The van der Waals surface area contributed by atoms with Crippen LogP contribution < -0.4 is 10.3 Å². The molecule has 1 N–H and O–H groups in total. The van der Waals surface area contributed by atoms with Gasteiger partial charge in [-0.1, -0.05) is 29.8 Å². The molecule has 1 aliphatic heterocycles. The molecule has 0 radical (unpaired) electrons. The maximum atomic E-state index is 12.8. The number of carbonyl (C=O) groups excluding carboxylic acids is 3. The van der Waals surface area contributed by atoms with Crippen LogP contribution >= 0.6 is 0 Å². The van der Waals surface area contributed by atoms with Crippen molar-refractivity contribution in [2.24, 2.45) is 5.10 Å². The summed E-state index contributed by atoms with van der Waals surface area (Å²) in [6.45, 7) is 5.70. The summed E-state index contributed by atoms with van der Waals surface area (Å²) in [6.07, 6.45) is 0.449. The highest BCUT2D eigenvalue weighted by molar-refractivity contribution is 6.40. The molecule has 1 aliphatic rings. The number of aryl methyl sites for hydroxylation is 3. The first kappa shape index (κ1) is 21.2. The number of amides is 3. The second-order valence-corrected chi connectivity index (χ2v) is 7.62. The van der Waals surface area contributed by atoms with E-state index in [1.165, 1.54) is 9.91 Å². The molecule has 0 atom stereocenters. The molecule has 3 amide bonds. The fraction of sp³-hybridized carbons (Fsp3) is 0.304. The minimum atomic E-state index is -0.364. The van der Waals surface area contributed by atoms with E-state index in [1.807, 2.05) is 63.2 Å². The summed E-state index contributed by atoms with van der Waals surface area (Å²) in [4.78, 5) is 38.9. The normalized spacial score (nSPS) is 13.7. The minimum absolute atomic E-state index is 0.108. The Balaban J connectivity index is 1.71. The smallest absolute Gasteiger partial charge is 0.270 e. The number of benzene rings is 2. The second kappa shape index (κ2) is 8.90. The number of anilines is 2. The number of hydrazone groups is 1. The molecule has 1 heterocycles. The number of nitrogens with zero attached hydrogens (tertiary/aromatic N) is 3. The van der Waals surface area contributed by atoms with Gasteiger partial charge in [-0.25, -0.2) is 5.01 Å². The highest BCUT2D eigenvalue weighted by Gasteiger charge is 2.28. The molecule has 7 heteroatoms. The van der Waals surface area contributed by atoms with Crippen LogP contribution in [0.15, 0.2) is 47.6 Å². The molecular formula is C23H26N4O3. The third-order valence-corrected chi connectivity index (χ3v) is 4.94. The van der Waals surface area contributed by atoms with E-state index in [4.69, 9.17) is 0 Å². The van der Waals surface area contributed by atoms with Crippen LogP contribution in [0.25, 0.3) is 0 Å². The van der Waals surface area contributed by atoms with Gasteiger partial charge in [0, 0.05) is 25.6 Å². The Morgan fingerprint density at radius 2 is 1.70 bits per heavy atom. The van der Waals surface area contributed by atoms with Crippen LogP contribution in [-0.4, -0.2) is 41.9 Å². The Morgan fingerprint density at radius 3 is 2.40 bits per heavy atom. The van der Waals surface area contributed by atoms with Gasteiger partial charge in [0.25, 0.3) is 5.91 Å². The molecule has 7 nitrogen and oxygen atoms in total. The summed E-state index contributed by atoms with van der Waals surface area (Å²) in [7, 11) is 1.55. The van der Waals surface area contributed by atoms with Crippen molar-refractivity contribution < 1.29 is 14.4 Å². The molecule has 0 saturated heterocycles. The van der Waals surface area contributed by atoms with Gasteiger partial charge in [0.2, 0.25) is 11.8 Å². The van der Waals surface area contributed by atoms with Crippen molar-refractivity contribution >= 4 is 34.8 Å². The van der Waals surface area contributed by atoms with Crippen molar-refractivity contribution in [3.63, 3.8) is 0 Å². The maximum absolute atomic E-state index is 12.8. The number of rotatable bonds is 5. The highest BCUT2D eigenvalue weighted by Crippen LogP contribution is 2.25. The third kappa shape index (κ3) is 4.92. The zero-order valence-corrected chi connectivity index (χ0v) is 17.7. The summed E-state index contributed by atoms with van der Waals surface area (Å²) in [5.74, 6) is -0.814. The highest BCUT2D eigenvalue weighted by atomic mass is 16.2. The van der Waals surface area contributed by atoms with E-state index in [1.54, 1.807) is 7.05 Å². The Morgan fingerprint density at radius 1 is 1.03 bits per heavy atom. The van der Waals surface area contributed by atoms with Gasteiger partial charge in [-0.3, -0.25) is 14.4 Å². The van der Waals surface area contributed by atoms with Crippen LogP contribution in [0, 0.1) is 20.8 Å². The molecule has 2 aromatic rings. The standard InChI is InChI=1S/C23H26N4O3/c1-15-6-9-18(10-7-15)24-21(28)14-26(4)23(30)19-11-12-22(29)27(25-19)20-13-16(2)5-8-17(20)3/h5-10,13H,11-12,14H2,1-4H3,(H,24,28). The van der Waals surface area contributed by atoms with Crippen molar-refractivity contribution in [3.8, 4) is 0 Å². The van der Waals surface area contributed by atoms with Gasteiger partial charge in [0.05, 0.1) is 12.2 Å². The molecule has 156 valence electrons. The first-order valence-electron chi connectivity index (χ1n) is 9.84. The predicted octanol–water partition coefficient (Wildman–Crippen LogP) is 3.19. The molecule has 3 rings (SSSR count). The van der Waals surface area contributed by atoms with Crippen molar-refractivity contribution in [2.45, 2.75) is 33.6 Å². The van der Waals surface area contributed by atoms with Crippen LogP contribution in [-0.2, 0) is 14.4 Å². The van der Waals surface area contributed by atoms with E-state index in [-0.39, 0.29) is 42.8 Å². The average Bonchev–Trinajstić information content (AvgIpc) is 2.71. The van der Waals surface area contributed by atoms with Gasteiger partial charge in [-0.05, 0) is 50.1 Å². The molecule has 0 fully saturated rings. The third-order valence-electron chi connectivity index (χ3n) is 4.94. The van der Waals surface area contributed by atoms with E-state index in [0.29, 0.717) is 11.4 Å². The molecule has 0 aromatic heterocycles. The van der Waals surface area contributed by atoms with Gasteiger partial charge in [-0.15, -0.1) is 0 Å². The predicted molar refractivity (Wildman–Crippen MR) is 118 cm³/mol. The van der Waals surface area contributed by atoms with Crippen molar-refractivity contribution in [1.29, 1.82) is 0 Å². The SMILES string of the molecule is Cc1ccc(NC(=O)CN(C)C(=O)C2=NN(c3cc(C)ccc3C)C(=O)CC2)cc1. The fourth-order valence-corrected chi connectivity index (χ4v) is 3.19. The number of likely N-dealkylation sites (N-methyl/N-ethyl adjacent to an activating group) is 1. The molecule has 0 unspecified atom stereocenters. The molecule has 0 saturated carbocycles. The molecule has 2 aromatic carbocycles. The van der Waals surface area contributed by atoms with E-state index in [9.17, 15) is 14.4 Å². The number of hydrogen-bond donors (Lipinski definition) is 1. The van der Waals surface area contributed by atoms with Crippen molar-refractivity contribution in [3.05, 3.63) is 59.2 Å². The Bertz CT molecular complexity index is 1010. The Kier molecular flexibility index (Phi) is 6.30. The first-order chi connectivity index (χ1) is 14.2. The van der Waals surface area contributed by atoms with Crippen LogP contribution in [0.3, 0.4) is 0 Å². The van der Waals surface area contributed by atoms with Gasteiger partial charge in [0.1, 0.15) is 5.71 Å². The van der Waals surface area contributed by atoms with E-state index < -0.39 is 0 Å². The van der Waals surface area contributed by atoms with E-state index in [0.717, 1.165) is 16.7 Å². The number of nitrogens with one attached hydrogen (secondary N) is 1. The van der Waals surface area contributed by atoms with Crippen molar-refractivity contribution in [2.75, 3.05) is 23.9 Å². The first-order valence-corrected chi connectivity index (χ1v) is 9.84. The lowest BCUT2D eigenvalue weighted by molar-refractivity contribution is -0.128. The number of hydrogen-bond acceptors (Lipinski definition) is 4. The van der Waals surface area contributed by atoms with Crippen LogP contribution in [0.1, 0.15) is 29.5 Å². The Hall–Kier alpha value is -3.48. The lowest BCUT2D eigenvalue weighted by Crippen LogP contribution is -2.42. The van der Waals surface area contributed by atoms with Crippen LogP contribution in [0.5, 0.6) is 0 Å². The quantitative estimate of drug-likeness (QED) is 0.828. The lowest BCUT2D eigenvalue weighted by atomic mass is 10.1. The molecule has 0 bridgehead atoms. The summed E-state index contributed by atoms with van der Waals surface area (Å²) in [6, 6.07) is 13.2. The van der Waals surface area contributed by atoms with E-state index in [2.05, 4.69) is 10.4 Å². The second-order valence-electron chi connectivity index (χ2n) is 7.62. The van der Waals surface area contributed by atoms with E-state index >= 15 is 0 Å². The molecule has 0 spiro atoms. The van der Waals surface area contributed by atoms with Gasteiger partial charge < -0.3 is 10.2 Å². The number of carbonyl (C=O) groups is 3. The lowest BCUT2D eigenvalue weighted by Gasteiger charge is -2.26. The van der Waals surface area contributed by atoms with Crippen LogP contribution in [0.2, 0.25) is 0 Å². The Labute approximate surface area is 176 Å². The summed E-state index contributed by atoms with van der Waals surface area (Å²) >= 11 is 0. The molecule has 30 heavy (non-hydrogen) atoms. The van der Waals surface area contributed by atoms with Gasteiger partial charge >= 0.3 is 0 Å². The van der Waals surface area contributed by atoms with Crippen LogP contribution in [0.4, 0.5) is 11.4 Å². The largest absolute Gasteiger partial charge is 0.331 e. The van der Waals surface area contributed by atoms with Crippen molar-refractivity contribution in [1.82, 2.24) is 4.90 Å². The fourth-order valence-electron chi connectivity index (χ4n) is 3.19.